The van der Waals surface area contributed by atoms with E-state index in [1.54, 1.807) is 0 Å². The van der Waals surface area contributed by atoms with E-state index >= 15 is 0 Å². The van der Waals surface area contributed by atoms with Gasteiger partial charge in [-0.1, -0.05) is 53.9 Å². The smallest absolute Gasteiger partial charge is 0.0807 e. The number of ether oxygens (including phenoxy) is 6. The molecule has 0 aromatic heterocycles. The maximum absolute atomic E-state index is 8.65. The quantitative estimate of drug-likeness (QED) is 0.182. The summed E-state index contributed by atoms with van der Waals surface area (Å²) in [6.07, 6.45) is 7.90. The molecule has 4 unspecified atom stereocenters. The van der Waals surface area contributed by atoms with E-state index in [1.165, 1.54) is 25.7 Å². The molecule has 0 bridgehead atoms. The number of aliphatic hydroxyl groups is 1. The minimum atomic E-state index is 0.0382. The van der Waals surface area contributed by atoms with E-state index in [4.69, 9.17) is 33.5 Å². The van der Waals surface area contributed by atoms with Gasteiger partial charge in [0.05, 0.1) is 77.8 Å². The predicted molar refractivity (Wildman–Crippen MR) is 133 cm³/mol. The molecule has 0 radical (unpaired) electrons. The molecule has 0 aliphatic rings. The molecule has 33 heavy (non-hydrogen) atoms. The molecular weight excluding hydrogens is 424 g/mol. The second kappa shape index (κ2) is 24.8. The summed E-state index contributed by atoms with van der Waals surface area (Å²) in [5, 5.41) is 8.65. The number of rotatable bonds is 26. The summed E-state index contributed by atoms with van der Waals surface area (Å²) in [6.45, 7) is 15.9. The van der Waals surface area contributed by atoms with Gasteiger partial charge in [-0.05, 0) is 31.6 Å². The van der Waals surface area contributed by atoms with Gasteiger partial charge in [-0.25, -0.2) is 0 Å². The van der Waals surface area contributed by atoms with E-state index in [-0.39, 0.29) is 24.9 Å². The largest absolute Gasteiger partial charge is 0.394 e. The van der Waals surface area contributed by atoms with Gasteiger partial charge in [-0.3, -0.25) is 0 Å². The second-order valence-electron chi connectivity index (χ2n) is 8.53. The maximum Gasteiger partial charge on any atom is 0.0807 e. The average Bonchev–Trinajstić information content (AvgIpc) is 2.84. The zero-order valence-corrected chi connectivity index (χ0v) is 22.2. The Bertz CT molecular complexity index is 384. The van der Waals surface area contributed by atoms with E-state index in [9.17, 15) is 0 Å². The van der Waals surface area contributed by atoms with Crippen LogP contribution in [-0.4, -0.2) is 89.5 Å². The molecule has 4 atom stereocenters. The third-order valence-electron chi connectivity index (χ3n) is 5.79. The van der Waals surface area contributed by atoms with Crippen molar-refractivity contribution in [2.24, 2.45) is 5.92 Å². The molecule has 1 N–H and O–H groups in total. The van der Waals surface area contributed by atoms with E-state index in [2.05, 4.69) is 34.6 Å². The summed E-state index contributed by atoms with van der Waals surface area (Å²) in [5.74, 6) is 0.658. The van der Waals surface area contributed by atoms with Crippen LogP contribution in [0.1, 0.15) is 79.6 Å². The van der Waals surface area contributed by atoms with Crippen LogP contribution in [0.15, 0.2) is 0 Å². The molecule has 0 spiro atoms. The predicted octanol–water partition coefficient (Wildman–Crippen LogP) is 4.63. The molecule has 0 amide bonds. The van der Waals surface area contributed by atoms with Crippen molar-refractivity contribution >= 4 is 0 Å². The molecule has 0 heterocycles. The van der Waals surface area contributed by atoms with Crippen LogP contribution in [0.25, 0.3) is 0 Å². The molecule has 0 saturated heterocycles. The van der Waals surface area contributed by atoms with Crippen molar-refractivity contribution in [2.75, 3.05) is 66.1 Å². The fourth-order valence-electron chi connectivity index (χ4n) is 3.26. The van der Waals surface area contributed by atoms with Gasteiger partial charge in [0.2, 0.25) is 0 Å². The van der Waals surface area contributed by atoms with Crippen LogP contribution in [0.2, 0.25) is 0 Å². The average molecular weight is 479 g/mol. The van der Waals surface area contributed by atoms with Crippen molar-refractivity contribution < 1.29 is 33.5 Å². The number of unbranched alkanes of at least 4 members (excludes halogenated alkanes) is 1. The monoisotopic (exact) mass is 478 g/mol. The van der Waals surface area contributed by atoms with Crippen LogP contribution in [-0.2, 0) is 28.4 Å². The minimum absolute atomic E-state index is 0.0382. The third kappa shape index (κ3) is 19.7. The number of aliphatic hydroxyl groups excluding tert-OH is 1. The van der Waals surface area contributed by atoms with Crippen molar-refractivity contribution in [3.8, 4) is 0 Å². The first-order chi connectivity index (χ1) is 16.1. The van der Waals surface area contributed by atoms with Crippen molar-refractivity contribution in [1.82, 2.24) is 0 Å². The Labute approximate surface area is 203 Å². The van der Waals surface area contributed by atoms with Gasteiger partial charge < -0.3 is 33.5 Å². The Morgan fingerprint density at radius 2 is 1.09 bits per heavy atom. The van der Waals surface area contributed by atoms with Gasteiger partial charge in [-0.15, -0.1) is 0 Å². The summed E-state index contributed by atoms with van der Waals surface area (Å²) in [5.41, 5.74) is 0. The van der Waals surface area contributed by atoms with Gasteiger partial charge in [0, 0.05) is 6.61 Å². The van der Waals surface area contributed by atoms with Crippen LogP contribution in [0.4, 0.5) is 0 Å². The Morgan fingerprint density at radius 1 is 0.545 bits per heavy atom. The lowest BCUT2D eigenvalue weighted by atomic mass is 10.0. The Balaban J connectivity index is 4.03. The molecule has 7 heteroatoms. The van der Waals surface area contributed by atoms with E-state index in [1.807, 2.05) is 0 Å². The molecule has 0 saturated carbocycles. The third-order valence-corrected chi connectivity index (χ3v) is 5.79. The first kappa shape index (κ1) is 32.7. The van der Waals surface area contributed by atoms with Gasteiger partial charge in [0.25, 0.3) is 0 Å². The molecular formula is C26H54O7. The first-order valence-corrected chi connectivity index (χ1v) is 13.3. The van der Waals surface area contributed by atoms with Crippen molar-refractivity contribution in [3.05, 3.63) is 0 Å². The summed E-state index contributed by atoms with van der Waals surface area (Å²) >= 11 is 0. The fraction of sp³-hybridized carbons (Fsp3) is 1.00. The highest BCUT2D eigenvalue weighted by Gasteiger charge is 2.16. The highest BCUT2D eigenvalue weighted by atomic mass is 16.6. The van der Waals surface area contributed by atoms with E-state index in [0.29, 0.717) is 58.8 Å². The van der Waals surface area contributed by atoms with Gasteiger partial charge in [0.1, 0.15) is 0 Å². The maximum atomic E-state index is 8.65. The lowest BCUT2D eigenvalue weighted by molar-refractivity contribution is -0.0998. The Kier molecular flexibility index (Phi) is 24.6. The zero-order valence-electron chi connectivity index (χ0n) is 22.2. The molecule has 0 aromatic carbocycles. The molecule has 0 aliphatic heterocycles. The molecule has 0 fully saturated rings. The minimum Gasteiger partial charge on any atom is -0.394 e. The molecule has 200 valence electrons. The van der Waals surface area contributed by atoms with Crippen LogP contribution in [0.3, 0.4) is 0 Å². The highest BCUT2D eigenvalue weighted by Crippen LogP contribution is 2.14. The Hall–Kier alpha value is -0.280. The molecule has 0 aromatic rings. The second-order valence-corrected chi connectivity index (χ2v) is 8.53. The van der Waals surface area contributed by atoms with Crippen LogP contribution >= 0.6 is 0 Å². The molecule has 0 rings (SSSR count). The number of hydrogen-bond donors (Lipinski definition) is 1. The van der Waals surface area contributed by atoms with E-state index < -0.39 is 0 Å². The summed E-state index contributed by atoms with van der Waals surface area (Å²) in [6, 6.07) is 0. The van der Waals surface area contributed by atoms with Gasteiger partial charge >= 0.3 is 0 Å². The lowest BCUT2D eigenvalue weighted by Crippen LogP contribution is -2.30. The lowest BCUT2D eigenvalue weighted by Gasteiger charge is -2.24. The first-order valence-electron chi connectivity index (χ1n) is 13.3. The normalized spacial score (nSPS) is 15.5. The van der Waals surface area contributed by atoms with Gasteiger partial charge in [0.15, 0.2) is 0 Å². The summed E-state index contributed by atoms with van der Waals surface area (Å²) in [7, 11) is 0. The Morgan fingerprint density at radius 3 is 1.64 bits per heavy atom. The van der Waals surface area contributed by atoms with Crippen molar-refractivity contribution in [2.45, 2.75) is 97.9 Å². The van der Waals surface area contributed by atoms with Crippen molar-refractivity contribution in [3.63, 3.8) is 0 Å². The summed E-state index contributed by atoms with van der Waals surface area (Å²) in [4.78, 5) is 0. The molecule has 7 nitrogen and oxygen atoms in total. The molecule has 0 aliphatic carbocycles. The topological polar surface area (TPSA) is 75.6 Å². The van der Waals surface area contributed by atoms with Gasteiger partial charge in [-0.2, -0.15) is 0 Å². The van der Waals surface area contributed by atoms with Crippen molar-refractivity contribution in [1.29, 1.82) is 0 Å². The standard InChI is InChI=1S/C26H54O7/c1-6-11-12-23(7-2)19-30-20-24(8-3)32-22-26(10-5)33-21-25(9-4)31-18-17-29-16-15-28-14-13-27/h23-27H,6-22H2,1-5H3. The highest BCUT2D eigenvalue weighted by molar-refractivity contribution is 4.63. The SMILES string of the molecule is CCCCC(CC)COCC(CC)OCC(CC)OCC(CC)OCCOCCOCCO. The van der Waals surface area contributed by atoms with E-state index in [0.717, 1.165) is 25.9 Å². The zero-order chi connectivity index (χ0) is 24.6. The number of hydrogen-bond acceptors (Lipinski definition) is 7. The van der Waals surface area contributed by atoms with Crippen LogP contribution < -0.4 is 0 Å². The summed E-state index contributed by atoms with van der Waals surface area (Å²) < 4.78 is 34.7. The fourth-order valence-corrected chi connectivity index (χ4v) is 3.26. The van der Waals surface area contributed by atoms with Crippen LogP contribution in [0.5, 0.6) is 0 Å². The van der Waals surface area contributed by atoms with Crippen LogP contribution in [0, 0.1) is 5.92 Å².